The molecule has 1 aromatic heterocycles. The van der Waals surface area contributed by atoms with E-state index in [1.54, 1.807) is 12.4 Å². The van der Waals surface area contributed by atoms with E-state index in [1.165, 1.54) is 4.90 Å². The molecule has 2 N–H and O–H groups in total. The number of quaternary nitrogens is 1. The summed E-state index contributed by atoms with van der Waals surface area (Å²) in [5.41, 5.74) is 2.18. The maximum atomic E-state index is 12.8. The molecule has 0 radical (unpaired) electrons. The van der Waals surface area contributed by atoms with Gasteiger partial charge in [-0.2, -0.15) is 0 Å². The normalized spacial score (nSPS) is 14.7. The number of nitrogens with one attached hydrogen (secondary N) is 2. The second-order valence-electron chi connectivity index (χ2n) is 7.28. The van der Waals surface area contributed by atoms with Crippen LogP contribution in [0.25, 0.3) is 0 Å². The van der Waals surface area contributed by atoms with Crippen molar-refractivity contribution in [3.63, 3.8) is 0 Å². The average Bonchev–Trinajstić information content (AvgIpc) is 2.80. The van der Waals surface area contributed by atoms with Crippen molar-refractivity contribution in [3.8, 4) is 0 Å². The number of hydrogen-bond donors (Lipinski definition) is 2. The van der Waals surface area contributed by atoms with Crippen molar-refractivity contribution in [1.29, 1.82) is 0 Å². The van der Waals surface area contributed by atoms with Gasteiger partial charge >= 0.3 is 0 Å². The summed E-state index contributed by atoms with van der Waals surface area (Å²) >= 11 is 0. The van der Waals surface area contributed by atoms with Crippen LogP contribution in [-0.2, 0) is 4.79 Å². The summed E-state index contributed by atoms with van der Waals surface area (Å²) < 4.78 is 0. The molecule has 148 valence electrons. The van der Waals surface area contributed by atoms with Crippen LogP contribution in [0.5, 0.6) is 0 Å². The number of amides is 1. The van der Waals surface area contributed by atoms with Gasteiger partial charge in [0, 0.05) is 12.4 Å². The van der Waals surface area contributed by atoms with Crippen molar-refractivity contribution in [2.45, 2.75) is 6.04 Å². The van der Waals surface area contributed by atoms with Gasteiger partial charge in [-0.3, -0.25) is 4.79 Å². The molecule has 1 aliphatic heterocycles. The third kappa shape index (κ3) is 4.97. The van der Waals surface area contributed by atoms with E-state index in [0.29, 0.717) is 6.54 Å². The first kappa shape index (κ1) is 19.1. The third-order valence-corrected chi connectivity index (χ3v) is 5.29. The molecular formula is C23H26N5O+. The number of aromatic nitrogens is 2. The molecule has 2 heterocycles. The number of carbonyl (C=O) groups is 1. The molecule has 0 saturated carbocycles. The summed E-state index contributed by atoms with van der Waals surface area (Å²) in [7, 11) is 0. The molecule has 0 aliphatic carbocycles. The number of piperazine rings is 1. The van der Waals surface area contributed by atoms with Crippen LogP contribution in [0.3, 0.4) is 0 Å². The largest absolute Gasteiger partial charge is 0.340 e. The minimum absolute atomic E-state index is 0.0714. The van der Waals surface area contributed by atoms with Crippen molar-refractivity contribution in [1.82, 2.24) is 15.3 Å². The minimum Gasteiger partial charge on any atom is -0.340 e. The van der Waals surface area contributed by atoms with Gasteiger partial charge in [0.2, 0.25) is 5.95 Å². The lowest BCUT2D eigenvalue weighted by molar-refractivity contribution is -0.892. The van der Waals surface area contributed by atoms with Crippen molar-refractivity contribution >= 4 is 11.9 Å². The van der Waals surface area contributed by atoms with Crippen molar-refractivity contribution in [2.24, 2.45) is 0 Å². The van der Waals surface area contributed by atoms with Crippen LogP contribution in [0.15, 0.2) is 79.1 Å². The van der Waals surface area contributed by atoms with Crippen LogP contribution in [-0.4, -0.2) is 48.6 Å². The molecule has 1 saturated heterocycles. The Morgan fingerprint density at radius 3 is 2.00 bits per heavy atom. The lowest BCUT2D eigenvalue weighted by atomic mass is 9.99. The Bertz CT molecular complexity index is 857. The lowest BCUT2D eigenvalue weighted by Crippen LogP contribution is -3.16. The quantitative estimate of drug-likeness (QED) is 0.664. The lowest BCUT2D eigenvalue weighted by Gasteiger charge is -2.32. The van der Waals surface area contributed by atoms with Gasteiger partial charge in [-0.15, -0.1) is 0 Å². The zero-order chi connectivity index (χ0) is 19.9. The second-order valence-corrected chi connectivity index (χ2v) is 7.28. The predicted molar refractivity (Wildman–Crippen MR) is 113 cm³/mol. The summed E-state index contributed by atoms with van der Waals surface area (Å²) in [5, 5.41) is 3.24. The fraction of sp³-hybridized carbons (Fsp3) is 0.261. The van der Waals surface area contributed by atoms with Crippen LogP contribution in [0.4, 0.5) is 5.95 Å². The number of rotatable bonds is 6. The van der Waals surface area contributed by atoms with E-state index in [4.69, 9.17) is 0 Å². The maximum Gasteiger partial charge on any atom is 0.275 e. The number of carbonyl (C=O) groups excluding carboxylic acids is 1. The Morgan fingerprint density at radius 1 is 0.897 bits per heavy atom. The van der Waals surface area contributed by atoms with Crippen LogP contribution >= 0.6 is 0 Å². The second kappa shape index (κ2) is 9.30. The molecule has 0 bridgehead atoms. The Morgan fingerprint density at radius 2 is 1.45 bits per heavy atom. The Hall–Kier alpha value is -3.25. The van der Waals surface area contributed by atoms with Gasteiger partial charge in [-0.25, -0.2) is 9.97 Å². The molecule has 1 amide bonds. The van der Waals surface area contributed by atoms with E-state index < -0.39 is 0 Å². The summed E-state index contributed by atoms with van der Waals surface area (Å²) in [6, 6.07) is 21.9. The van der Waals surface area contributed by atoms with Crippen molar-refractivity contribution in [3.05, 3.63) is 90.3 Å². The molecule has 3 aromatic rings. The molecule has 0 spiro atoms. The van der Waals surface area contributed by atoms with Crippen LogP contribution in [0.2, 0.25) is 0 Å². The highest BCUT2D eigenvalue weighted by molar-refractivity contribution is 5.78. The van der Waals surface area contributed by atoms with Crippen LogP contribution in [0, 0.1) is 0 Å². The van der Waals surface area contributed by atoms with Gasteiger partial charge in [-0.05, 0) is 17.2 Å². The maximum absolute atomic E-state index is 12.8. The van der Waals surface area contributed by atoms with Gasteiger partial charge in [0.05, 0.1) is 32.2 Å². The topological polar surface area (TPSA) is 62.6 Å². The van der Waals surface area contributed by atoms with Gasteiger partial charge in [0.1, 0.15) is 0 Å². The first-order valence-corrected chi connectivity index (χ1v) is 10.0. The first-order valence-electron chi connectivity index (χ1n) is 10.0. The predicted octanol–water partition coefficient (Wildman–Crippen LogP) is 1.09. The molecule has 0 unspecified atom stereocenters. The average molecular weight is 388 g/mol. The highest BCUT2D eigenvalue weighted by atomic mass is 16.2. The van der Waals surface area contributed by atoms with Crippen molar-refractivity contribution in [2.75, 3.05) is 37.6 Å². The highest BCUT2D eigenvalue weighted by Crippen LogP contribution is 2.21. The van der Waals surface area contributed by atoms with Gasteiger partial charge < -0.3 is 15.1 Å². The van der Waals surface area contributed by atoms with E-state index in [2.05, 4.69) is 44.5 Å². The van der Waals surface area contributed by atoms with Crippen LogP contribution in [0.1, 0.15) is 17.2 Å². The molecule has 6 heteroatoms. The van der Waals surface area contributed by atoms with Gasteiger partial charge in [-0.1, -0.05) is 60.7 Å². The highest BCUT2D eigenvalue weighted by Gasteiger charge is 2.25. The molecule has 6 nitrogen and oxygen atoms in total. The third-order valence-electron chi connectivity index (χ3n) is 5.29. The zero-order valence-electron chi connectivity index (χ0n) is 16.4. The van der Waals surface area contributed by atoms with E-state index in [0.717, 1.165) is 43.3 Å². The SMILES string of the molecule is O=C(C[NH+]1CCN(c2ncccn2)CC1)NC(c1ccccc1)c1ccccc1. The molecule has 0 atom stereocenters. The smallest absolute Gasteiger partial charge is 0.275 e. The summed E-state index contributed by atoms with van der Waals surface area (Å²) in [6.45, 7) is 3.97. The standard InChI is InChI=1S/C23H25N5O/c29-21(18-27-14-16-28(17-15-27)23-24-12-7-13-25-23)26-22(19-8-3-1-4-9-19)20-10-5-2-6-11-20/h1-13,22H,14-18H2,(H,26,29)/p+1. The monoisotopic (exact) mass is 388 g/mol. The number of benzene rings is 2. The van der Waals surface area contributed by atoms with E-state index >= 15 is 0 Å². The Labute approximate surface area is 171 Å². The number of hydrogen-bond acceptors (Lipinski definition) is 4. The Balaban J connectivity index is 1.37. The minimum atomic E-state index is -0.136. The first-order chi connectivity index (χ1) is 14.3. The fourth-order valence-electron chi connectivity index (χ4n) is 3.74. The zero-order valence-corrected chi connectivity index (χ0v) is 16.4. The van der Waals surface area contributed by atoms with Gasteiger partial charge in [0.25, 0.3) is 5.91 Å². The van der Waals surface area contributed by atoms with Gasteiger partial charge in [0.15, 0.2) is 6.54 Å². The summed E-state index contributed by atoms with van der Waals surface area (Å²) in [4.78, 5) is 25.0. The number of anilines is 1. The summed E-state index contributed by atoms with van der Waals surface area (Å²) in [6.07, 6.45) is 3.53. The fourth-order valence-corrected chi connectivity index (χ4v) is 3.74. The number of nitrogens with zero attached hydrogens (tertiary/aromatic N) is 3. The van der Waals surface area contributed by atoms with E-state index in [1.807, 2.05) is 42.5 Å². The van der Waals surface area contributed by atoms with E-state index in [-0.39, 0.29) is 11.9 Å². The van der Waals surface area contributed by atoms with E-state index in [9.17, 15) is 4.79 Å². The molecule has 2 aromatic carbocycles. The molecular weight excluding hydrogens is 362 g/mol. The Kier molecular flexibility index (Phi) is 6.12. The van der Waals surface area contributed by atoms with Crippen molar-refractivity contribution < 1.29 is 9.69 Å². The van der Waals surface area contributed by atoms with Crippen LogP contribution < -0.4 is 15.1 Å². The molecule has 29 heavy (non-hydrogen) atoms. The summed E-state index contributed by atoms with van der Waals surface area (Å²) in [5.74, 6) is 0.839. The molecule has 1 fully saturated rings. The molecule has 4 rings (SSSR count). The molecule has 1 aliphatic rings.